The van der Waals surface area contributed by atoms with Crippen LogP contribution >= 0.6 is 12.2 Å². The second-order valence-electron chi connectivity index (χ2n) is 5.52. The third-order valence-electron chi connectivity index (χ3n) is 3.86. The Morgan fingerprint density at radius 3 is 2.71 bits per heavy atom. The Hall–Kier alpha value is -2.81. The molecule has 8 nitrogen and oxygen atoms in total. The van der Waals surface area contributed by atoms with Crippen LogP contribution in [-0.2, 0) is 6.54 Å². The first kappa shape index (κ1) is 16.1. The molecule has 0 saturated heterocycles. The van der Waals surface area contributed by atoms with Gasteiger partial charge in [-0.2, -0.15) is 4.98 Å². The Morgan fingerprint density at radius 2 is 2.00 bits per heavy atom. The highest BCUT2D eigenvalue weighted by Crippen LogP contribution is 2.23. The summed E-state index contributed by atoms with van der Waals surface area (Å²) >= 11 is 4.81. The van der Waals surface area contributed by atoms with Gasteiger partial charge in [0.05, 0.1) is 11.0 Å². The maximum Gasteiger partial charge on any atom is 0.349 e. The molecule has 0 unspecified atom stereocenters. The van der Waals surface area contributed by atoms with E-state index in [2.05, 4.69) is 20.3 Å². The predicted molar refractivity (Wildman–Crippen MR) is 95.3 cm³/mol. The largest absolute Gasteiger partial charge is 0.376 e. The number of aromatic amines is 1. The van der Waals surface area contributed by atoms with Crippen LogP contribution in [-0.4, -0.2) is 31.2 Å². The normalized spacial score (nSPS) is 11.1. The van der Waals surface area contributed by atoms with E-state index in [0.29, 0.717) is 18.6 Å². The Morgan fingerprint density at radius 1 is 1.29 bits per heavy atom. The number of thiocarbonyl (C=S) groups is 1. The fourth-order valence-electron chi connectivity index (χ4n) is 2.57. The van der Waals surface area contributed by atoms with E-state index in [1.54, 1.807) is 4.57 Å². The molecule has 9 heteroatoms. The minimum Gasteiger partial charge on any atom is -0.376 e. The average Bonchev–Trinajstić information content (AvgIpc) is 2.49. The van der Waals surface area contributed by atoms with Crippen LogP contribution in [0.2, 0.25) is 0 Å². The van der Waals surface area contributed by atoms with Gasteiger partial charge in [0.2, 0.25) is 0 Å². The van der Waals surface area contributed by atoms with Crippen molar-refractivity contribution in [3.63, 3.8) is 0 Å². The number of aryl methyl sites for hydroxylation is 2. The van der Waals surface area contributed by atoms with E-state index in [4.69, 9.17) is 18.0 Å². The lowest BCUT2D eigenvalue weighted by atomic mass is 10.1. The van der Waals surface area contributed by atoms with Gasteiger partial charge in [-0.05, 0) is 49.3 Å². The summed E-state index contributed by atoms with van der Waals surface area (Å²) in [6, 6.07) is 3.87. The lowest BCUT2D eigenvalue weighted by Gasteiger charge is -2.18. The third kappa shape index (κ3) is 2.85. The predicted octanol–water partition coefficient (Wildman–Crippen LogP) is 0.0346. The Labute approximate surface area is 142 Å². The molecule has 24 heavy (non-hydrogen) atoms. The highest BCUT2D eigenvalue weighted by Gasteiger charge is 2.18. The molecule has 0 bridgehead atoms. The average molecular weight is 344 g/mol. The summed E-state index contributed by atoms with van der Waals surface area (Å²) in [6.45, 7) is 4.82. The van der Waals surface area contributed by atoms with Gasteiger partial charge in [-0.3, -0.25) is 9.78 Å². The molecule has 2 aliphatic rings. The third-order valence-corrected chi connectivity index (χ3v) is 4.00. The van der Waals surface area contributed by atoms with Crippen molar-refractivity contribution >= 4 is 28.4 Å². The van der Waals surface area contributed by atoms with Crippen LogP contribution in [0, 0.1) is 13.8 Å². The van der Waals surface area contributed by atoms with Gasteiger partial charge >= 0.3 is 5.69 Å². The molecule has 0 saturated carbocycles. The van der Waals surface area contributed by atoms with E-state index in [0.717, 1.165) is 16.6 Å². The summed E-state index contributed by atoms with van der Waals surface area (Å²) in [5.74, 6) is 0.240. The van der Waals surface area contributed by atoms with Crippen molar-refractivity contribution in [1.29, 1.82) is 0 Å². The lowest BCUT2D eigenvalue weighted by molar-refractivity contribution is 0.680. The van der Waals surface area contributed by atoms with E-state index in [1.807, 2.05) is 26.0 Å². The van der Waals surface area contributed by atoms with E-state index >= 15 is 0 Å². The molecule has 0 spiro atoms. The van der Waals surface area contributed by atoms with Crippen LogP contribution in [0.1, 0.15) is 11.1 Å². The minimum absolute atomic E-state index is 0.126. The number of nitrogens with two attached hydrogens (primary N) is 1. The monoisotopic (exact) mass is 344 g/mol. The van der Waals surface area contributed by atoms with Crippen LogP contribution in [0.5, 0.6) is 0 Å². The molecule has 4 N–H and O–H groups in total. The number of benzene rings is 1. The fraction of sp³-hybridized carbons (Fsp3) is 0.267. The number of nitrogens with zero attached hydrogens (tertiary/aromatic N) is 3. The zero-order valence-electron chi connectivity index (χ0n) is 13.2. The highest BCUT2D eigenvalue weighted by atomic mass is 32.1. The van der Waals surface area contributed by atoms with Crippen LogP contribution in [0.25, 0.3) is 22.6 Å². The van der Waals surface area contributed by atoms with Crippen molar-refractivity contribution in [2.75, 3.05) is 6.54 Å². The second-order valence-corrected chi connectivity index (χ2v) is 5.96. The molecular weight excluding hydrogens is 328 g/mol. The molecule has 2 heterocycles. The zero-order chi connectivity index (χ0) is 17.4. The SMILES string of the molecule is Cc1cc2nc3c(=O)[nH]c(=O)nc-3n(CCNC(N)=S)c2cc1C. The van der Waals surface area contributed by atoms with Crippen molar-refractivity contribution in [2.24, 2.45) is 5.73 Å². The highest BCUT2D eigenvalue weighted by molar-refractivity contribution is 7.80. The van der Waals surface area contributed by atoms with E-state index < -0.39 is 11.2 Å². The van der Waals surface area contributed by atoms with Crippen molar-refractivity contribution in [2.45, 2.75) is 20.4 Å². The maximum absolute atomic E-state index is 12.1. The smallest absolute Gasteiger partial charge is 0.349 e. The number of nitrogens with one attached hydrogen (secondary N) is 2. The van der Waals surface area contributed by atoms with E-state index in [1.165, 1.54) is 0 Å². The molecule has 124 valence electrons. The van der Waals surface area contributed by atoms with Crippen molar-refractivity contribution in [3.8, 4) is 11.5 Å². The first-order valence-corrected chi connectivity index (χ1v) is 7.73. The molecule has 3 rings (SSSR count). The molecule has 0 amide bonds. The maximum atomic E-state index is 12.1. The van der Waals surface area contributed by atoms with Crippen molar-refractivity contribution in [3.05, 3.63) is 44.1 Å². The first-order chi connectivity index (χ1) is 11.4. The molecule has 0 aromatic heterocycles. The van der Waals surface area contributed by atoms with Crippen LogP contribution in [0.4, 0.5) is 0 Å². The summed E-state index contributed by atoms with van der Waals surface area (Å²) < 4.78 is 1.78. The van der Waals surface area contributed by atoms with Gasteiger partial charge in [0.1, 0.15) is 0 Å². The van der Waals surface area contributed by atoms with Crippen molar-refractivity contribution in [1.82, 2.24) is 24.8 Å². The second kappa shape index (κ2) is 6.00. The summed E-state index contributed by atoms with van der Waals surface area (Å²) in [5.41, 5.74) is 7.90. The topological polar surface area (TPSA) is 119 Å². The number of rotatable bonds is 3. The van der Waals surface area contributed by atoms with Crippen LogP contribution in [0.15, 0.2) is 21.7 Å². The Kier molecular flexibility index (Phi) is 4.02. The summed E-state index contributed by atoms with van der Waals surface area (Å²) in [7, 11) is 0. The summed E-state index contributed by atoms with van der Waals surface area (Å²) in [5, 5.41) is 3.04. The molecule has 2 aliphatic heterocycles. The molecule has 1 aromatic carbocycles. The standard InChI is InChI=1S/C15H16N6O2S/c1-7-5-9-10(6-8(7)2)21(4-3-17-14(16)24)12-11(18-9)13(22)20-15(23)19-12/h5-6H,3-4H2,1-2H3,(H3,16,17,24)(H,20,22,23). The van der Waals surface area contributed by atoms with Gasteiger partial charge in [0.25, 0.3) is 5.56 Å². The van der Waals surface area contributed by atoms with E-state index in [-0.39, 0.29) is 16.6 Å². The van der Waals surface area contributed by atoms with Crippen LogP contribution in [0.3, 0.4) is 0 Å². The van der Waals surface area contributed by atoms with Gasteiger partial charge < -0.3 is 15.6 Å². The zero-order valence-corrected chi connectivity index (χ0v) is 14.0. The molecule has 0 atom stereocenters. The van der Waals surface area contributed by atoms with Gasteiger partial charge in [-0.1, -0.05) is 0 Å². The Bertz CT molecular complexity index is 1040. The lowest BCUT2D eigenvalue weighted by Crippen LogP contribution is -2.33. The summed E-state index contributed by atoms with van der Waals surface area (Å²) in [6.07, 6.45) is 0. The van der Waals surface area contributed by atoms with Crippen molar-refractivity contribution < 1.29 is 0 Å². The molecule has 0 aliphatic carbocycles. The van der Waals surface area contributed by atoms with E-state index in [9.17, 15) is 9.59 Å². The van der Waals surface area contributed by atoms with Gasteiger partial charge in [0, 0.05) is 13.1 Å². The molecular formula is C15H16N6O2S. The quantitative estimate of drug-likeness (QED) is 0.453. The van der Waals surface area contributed by atoms with Gasteiger partial charge in [-0.15, -0.1) is 0 Å². The summed E-state index contributed by atoms with van der Waals surface area (Å²) in [4.78, 5) is 34.2. The molecule has 1 aromatic rings. The first-order valence-electron chi connectivity index (χ1n) is 7.32. The van der Waals surface area contributed by atoms with Crippen LogP contribution < -0.4 is 22.3 Å². The molecule has 0 fully saturated rings. The van der Waals surface area contributed by atoms with Gasteiger partial charge in [0.15, 0.2) is 16.6 Å². The minimum atomic E-state index is -0.700. The number of hydrogen-bond donors (Lipinski definition) is 3. The number of aromatic nitrogens is 4. The molecule has 0 radical (unpaired) electrons. The number of hydrogen-bond acceptors (Lipinski definition) is 5. The Balaban J connectivity index is 2.32. The number of fused-ring (bicyclic) bond motifs is 2. The number of H-pyrrole nitrogens is 1. The van der Waals surface area contributed by atoms with Gasteiger partial charge in [-0.25, -0.2) is 9.78 Å². The fourth-order valence-corrected chi connectivity index (χ4v) is 2.67.